The number of aliphatic hydroxyl groups is 1. The van der Waals surface area contributed by atoms with Crippen LogP contribution in [0.1, 0.15) is 52.4 Å². The average molecular weight is 341 g/mol. The quantitative estimate of drug-likeness (QED) is 0.595. The lowest BCUT2D eigenvalue weighted by molar-refractivity contribution is -0.117. The zero-order chi connectivity index (χ0) is 16.8. The lowest BCUT2D eigenvalue weighted by Crippen LogP contribution is -2.33. The third-order valence-corrected chi connectivity index (χ3v) is 6.11. The third kappa shape index (κ3) is 4.66. The Morgan fingerprint density at radius 1 is 1.35 bits per heavy atom. The van der Waals surface area contributed by atoms with Gasteiger partial charge in [-0.1, -0.05) is 18.5 Å². The van der Waals surface area contributed by atoms with Gasteiger partial charge in [-0.15, -0.1) is 0 Å². The number of aliphatic hydroxyl groups excluding tert-OH is 1. The van der Waals surface area contributed by atoms with Crippen LogP contribution in [0.3, 0.4) is 0 Å². The summed E-state index contributed by atoms with van der Waals surface area (Å²) in [6, 6.07) is 0. The predicted octanol–water partition coefficient (Wildman–Crippen LogP) is 3.13. The SMILES string of the molecule is CCCC(=NOCC)C1=C(O)CC(C2CCCS(=O)C2)CC1=O. The van der Waals surface area contributed by atoms with Crippen LogP contribution >= 0.6 is 0 Å². The van der Waals surface area contributed by atoms with Gasteiger partial charge in [0, 0.05) is 35.1 Å². The molecule has 0 radical (unpaired) electrons. The summed E-state index contributed by atoms with van der Waals surface area (Å²) >= 11 is 0. The summed E-state index contributed by atoms with van der Waals surface area (Å²) in [5, 5.41) is 14.5. The molecule has 0 amide bonds. The maximum absolute atomic E-state index is 12.6. The molecule has 1 aliphatic carbocycles. The standard InChI is InChI=1S/C17H27NO4S/c1-3-6-14(18-22-4-2)17-15(19)9-13(10-16(17)20)12-7-5-8-23(21)11-12/h12-13,19H,3-11H2,1-2H3. The van der Waals surface area contributed by atoms with Gasteiger partial charge in [0.25, 0.3) is 0 Å². The van der Waals surface area contributed by atoms with Crippen molar-refractivity contribution in [2.45, 2.75) is 52.4 Å². The Labute approximate surface area is 140 Å². The molecule has 0 aromatic heterocycles. The molecule has 0 aromatic rings. The first-order valence-corrected chi connectivity index (χ1v) is 10.0. The second-order valence-corrected chi connectivity index (χ2v) is 7.95. The number of allylic oxidation sites excluding steroid dienone is 2. The highest BCUT2D eigenvalue weighted by molar-refractivity contribution is 7.85. The third-order valence-electron chi connectivity index (χ3n) is 4.56. The van der Waals surface area contributed by atoms with Crippen LogP contribution in [-0.4, -0.2) is 38.9 Å². The summed E-state index contributed by atoms with van der Waals surface area (Å²) < 4.78 is 11.8. The van der Waals surface area contributed by atoms with Crippen molar-refractivity contribution in [1.82, 2.24) is 0 Å². The summed E-state index contributed by atoms with van der Waals surface area (Å²) in [6.07, 6.45) is 4.30. The molecule has 6 heteroatoms. The molecule has 23 heavy (non-hydrogen) atoms. The van der Waals surface area contributed by atoms with Crippen LogP contribution in [-0.2, 0) is 20.4 Å². The molecule has 3 atom stereocenters. The van der Waals surface area contributed by atoms with E-state index < -0.39 is 10.8 Å². The maximum Gasteiger partial charge on any atom is 0.168 e. The molecular formula is C17H27NO4S. The largest absolute Gasteiger partial charge is 0.511 e. The van der Waals surface area contributed by atoms with Gasteiger partial charge in [0.2, 0.25) is 0 Å². The van der Waals surface area contributed by atoms with Gasteiger partial charge < -0.3 is 9.94 Å². The van der Waals surface area contributed by atoms with Gasteiger partial charge in [-0.2, -0.15) is 0 Å². The molecule has 0 aromatic carbocycles. The average Bonchev–Trinajstić information content (AvgIpc) is 2.51. The van der Waals surface area contributed by atoms with Crippen LogP contribution in [0.5, 0.6) is 0 Å². The number of Topliss-reactive ketones (excluding diaryl/α,β-unsaturated/α-hetero) is 1. The number of carbonyl (C=O) groups excluding carboxylic acids is 1. The van der Waals surface area contributed by atoms with E-state index in [2.05, 4.69) is 5.16 Å². The Morgan fingerprint density at radius 2 is 2.13 bits per heavy atom. The van der Waals surface area contributed by atoms with Crippen LogP contribution in [0.4, 0.5) is 0 Å². The minimum Gasteiger partial charge on any atom is -0.511 e. The fourth-order valence-corrected chi connectivity index (χ4v) is 5.04. The number of rotatable bonds is 6. The fraction of sp³-hybridized carbons (Fsp3) is 0.765. The molecule has 5 nitrogen and oxygen atoms in total. The van der Waals surface area contributed by atoms with Crippen molar-refractivity contribution in [2.24, 2.45) is 17.0 Å². The molecule has 0 bridgehead atoms. The predicted molar refractivity (Wildman–Crippen MR) is 92.0 cm³/mol. The minimum atomic E-state index is -0.772. The number of oxime groups is 1. The van der Waals surface area contributed by atoms with E-state index in [4.69, 9.17) is 4.84 Å². The Bertz CT molecular complexity index is 527. The van der Waals surface area contributed by atoms with Gasteiger partial charge in [0.05, 0.1) is 11.3 Å². The summed E-state index contributed by atoms with van der Waals surface area (Å²) in [4.78, 5) is 17.7. The van der Waals surface area contributed by atoms with E-state index in [1.165, 1.54) is 0 Å². The monoisotopic (exact) mass is 341 g/mol. The molecule has 0 saturated carbocycles. The molecule has 0 spiro atoms. The molecule has 1 aliphatic heterocycles. The van der Waals surface area contributed by atoms with Gasteiger partial charge in [0.1, 0.15) is 12.4 Å². The molecule has 2 aliphatic rings. The van der Waals surface area contributed by atoms with Crippen LogP contribution in [0, 0.1) is 11.8 Å². The van der Waals surface area contributed by atoms with Crippen molar-refractivity contribution in [1.29, 1.82) is 0 Å². The van der Waals surface area contributed by atoms with E-state index in [-0.39, 0.29) is 23.4 Å². The highest BCUT2D eigenvalue weighted by Gasteiger charge is 2.36. The lowest BCUT2D eigenvalue weighted by Gasteiger charge is -2.32. The van der Waals surface area contributed by atoms with Crippen molar-refractivity contribution >= 4 is 22.3 Å². The number of hydrogen-bond acceptors (Lipinski definition) is 5. The van der Waals surface area contributed by atoms with Crippen molar-refractivity contribution in [3.8, 4) is 0 Å². The van der Waals surface area contributed by atoms with Crippen LogP contribution in [0.2, 0.25) is 0 Å². The normalized spacial score (nSPS) is 29.7. The summed E-state index contributed by atoms with van der Waals surface area (Å²) in [7, 11) is -0.772. The van der Waals surface area contributed by atoms with E-state index in [0.717, 1.165) is 25.0 Å². The van der Waals surface area contributed by atoms with E-state index in [9.17, 15) is 14.1 Å². The first-order valence-electron chi connectivity index (χ1n) is 8.56. The molecule has 130 valence electrons. The van der Waals surface area contributed by atoms with Gasteiger partial charge >= 0.3 is 0 Å². The van der Waals surface area contributed by atoms with Gasteiger partial charge in [-0.05, 0) is 38.0 Å². The van der Waals surface area contributed by atoms with E-state index >= 15 is 0 Å². The highest BCUT2D eigenvalue weighted by atomic mass is 32.2. The van der Waals surface area contributed by atoms with E-state index in [0.29, 0.717) is 42.9 Å². The van der Waals surface area contributed by atoms with Crippen LogP contribution in [0.25, 0.3) is 0 Å². The fourth-order valence-electron chi connectivity index (χ4n) is 3.46. The van der Waals surface area contributed by atoms with E-state index in [1.54, 1.807) is 0 Å². The maximum atomic E-state index is 12.6. The highest BCUT2D eigenvalue weighted by Crippen LogP contribution is 2.36. The van der Waals surface area contributed by atoms with Crippen molar-refractivity contribution in [3.63, 3.8) is 0 Å². The van der Waals surface area contributed by atoms with Gasteiger partial charge in [-0.25, -0.2) is 0 Å². The van der Waals surface area contributed by atoms with Crippen molar-refractivity contribution in [3.05, 3.63) is 11.3 Å². The Kier molecular flexibility index (Phi) is 6.81. The first kappa shape index (κ1) is 18.2. The molecule has 1 saturated heterocycles. The topological polar surface area (TPSA) is 76.0 Å². The summed E-state index contributed by atoms with van der Waals surface area (Å²) in [5.41, 5.74) is 0.913. The van der Waals surface area contributed by atoms with Gasteiger partial charge in [0.15, 0.2) is 5.78 Å². The second kappa shape index (κ2) is 8.62. The molecule has 1 heterocycles. The molecule has 2 rings (SSSR count). The first-order chi connectivity index (χ1) is 11.1. The summed E-state index contributed by atoms with van der Waals surface area (Å²) in [5.74, 6) is 1.89. The number of hydrogen-bond donors (Lipinski definition) is 1. The number of carbonyl (C=O) groups is 1. The number of nitrogens with zero attached hydrogens (tertiary/aromatic N) is 1. The number of ketones is 1. The van der Waals surface area contributed by atoms with Crippen molar-refractivity contribution < 1.29 is 18.9 Å². The Morgan fingerprint density at radius 3 is 2.74 bits per heavy atom. The van der Waals surface area contributed by atoms with Crippen LogP contribution in [0.15, 0.2) is 16.5 Å². The molecule has 1 N–H and O–H groups in total. The minimum absolute atomic E-state index is 0.0537. The molecule has 1 fully saturated rings. The molecule has 3 unspecified atom stereocenters. The Balaban J connectivity index is 2.17. The second-order valence-electron chi connectivity index (χ2n) is 6.33. The van der Waals surface area contributed by atoms with Gasteiger partial charge in [-0.3, -0.25) is 9.00 Å². The summed E-state index contributed by atoms with van der Waals surface area (Å²) in [6.45, 7) is 4.28. The smallest absolute Gasteiger partial charge is 0.168 e. The Hall–Kier alpha value is -1.17. The molecular weight excluding hydrogens is 314 g/mol. The zero-order valence-electron chi connectivity index (χ0n) is 14.0. The zero-order valence-corrected chi connectivity index (χ0v) is 14.9. The van der Waals surface area contributed by atoms with Crippen molar-refractivity contribution in [2.75, 3.05) is 18.1 Å². The lowest BCUT2D eigenvalue weighted by atomic mass is 9.76. The van der Waals surface area contributed by atoms with Crippen LogP contribution < -0.4 is 0 Å². The van der Waals surface area contributed by atoms with E-state index in [1.807, 2.05) is 13.8 Å².